The van der Waals surface area contributed by atoms with E-state index in [0.717, 1.165) is 0 Å². The SMILES string of the molecule is COC(CS(=O)(=O)c1ccc(C(C)=O)cc1)OC. The highest BCUT2D eigenvalue weighted by molar-refractivity contribution is 7.91. The Morgan fingerprint density at radius 3 is 2.06 bits per heavy atom. The minimum absolute atomic E-state index is 0.106. The van der Waals surface area contributed by atoms with E-state index in [1.54, 1.807) is 0 Å². The Kier molecular flexibility index (Phi) is 5.01. The molecule has 0 N–H and O–H groups in total. The zero-order valence-electron chi connectivity index (χ0n) is 10.5. The van der Waals surface area contributed by atoms with Crippen LogP contribution in [-0.2, 0) is 19.3 Å². The van der Waals surface area contributed by atoms with Gasteiger partial charge in [0, 0.05) is 19.8 Å². The summed E-state index contributed by atoms with van der Waals surface area (Å²) in [5.41, 5.74) is 0.476. The van der Waals surface area contributed by atoms with Crippen LogP contribution >= 0.6 is 0 Å². The van der Waals surface area contributed by atoms with E-state index in [4.69, 9.17) is 9.47 Å². The molecule has 6 heteroatoms. The van der Waals surface area contributed by atoms with Crippen LogP contribution in [-0.4, -0.2) is 40.5 Å². The molecule has 0 aromatic heterocycles. The van der Waals surface area contributed by atoms with Crippen molar-refractivity contribution in [2.45, 2.75) is 18.1 Å². The van der Waals surface area contributed by atoms with Crippen molar-refractivity contribution in [3.05, 3.63) is 29.8 Å². The van der Waals surface area contributed by atoms with E-state index in [9.17, 15) is 13.2 Å². The van der Waals surface area contributed by atoms with Crippen LogP contribution in [0.5, 0.6) is 0 Å². The molecule has 0 radical (unpaired) electrons. The van der Waals surface area contributed by atoms with Gasteiger partial charge < -0.3 is 9.47 Å². The van der Waals surface area contributed by atoms with Crippen LogP contribution in [0.15, 0.2) is 29.2 Å². The topological polar surface area (TPSA) is 69.7 Å². The fourth-order valence-electron chi connectivity index (χ4n) is 1.40. The first-order valence-electron chi connectivity index (χ1n) is 5.30. The van der Waals surface area contributed by atoms with Gasteiger partial charge in [-0.3, -0.25) is 4.79 Å². The number of ether oxygens (including phenoxy) is 2. The molecule has 0 amide bonds. The molecule has 0 saturated heterocycles. The molecule has 0 fully saturated rings. The van der Waals surface area contributed by atoms with Gasteiger partial charge in [-0.05, 0) is 19.1 Å². The van der Waals surface area contributed by atoms with Gasteiger partial charge in [0.15, 0.2) is 21.9 Å². The van der Waals surface area contributed by atoms with E-state index in [1.165, 1.54) is 45.4 Å². The zero-order chi connectivity index (χ0) is 13.8. The van der Waals surface area contributed by atoms with Gasteiger partial charge in [-0.15, -0.1) is 0 Å². The lowest BCUT2D eigenvalue weighted by molar-refractivity contribution is -0.0851. The summed E-state index contributed by atoms with van der Waals surface area (Å²) in [7, 11) is -0.732. The van der Waals surface area contributed by atoms with Gasteiger partial charge in [-0.1, -0.05) is 12.1 Å². The minimum atomic E-state index is -3.49. The predicted octanol–water partition coefficient (Wildman–Crippen LogP) is 1.28. The highest BCUT2D eigenvalue weighted by Crippen LogP contribution is 2.14. The first kappa shape index (κ1) is 14.8. The maximum atomic E-state index is 12.0. The number of rotatable bonds is 6. The Bertz CT molecular complexity index is 500. The second-order valence-corrected chi connectivity index (χ2v) is 5.80. The molecule has 5 nitrogen and oxygen atoms in total. The number of ketones is 1. The Labute approximate surface area is 107 Å². The summed E-state index contributed by atoms with van der Waals surface area (Å²) in [6, 6.07) is 5.80. The highest BCUT2D eigenvalue weighted by atomic mass is 32.2. The Morgan fingerprint density at radius 1 is 1.17 bits per heavy atom. The number of methoxy groups -OCH3 is 2. The van der Waals surface area contributed by atoms with Crippen molar-refractivity contribution in [3.8, 4) is 0 Å². The summed E-state index contributed by atoms with van der Waals surface area (Å²) < 4.78 is 33.7. The summed E-state index contributed by atoms with van der Waals surface area (Å²) in [6.07, 6.45) is -0.803. The molecular formula is C12H16O5S. The van der Waals surface area contributed by atoms with Crippen molar-refractivity contribution in [2.24, 2.45) is 0 Å². The fraction of sp³-hybridized carbons (Fsp3) is 0.417. The second kappa shape index (κ2) is 6.08. The minimum Gasteiger partial charge on any atom is -0.355 e. The van der Waals surface area contributed by atoms with Gasteiger partial charge in [0.2, 0.25) is 0 Å². The van der Waals surface area contributed by atoms with Gasteiger partial charge >= 0.3 is 0 Å². The standard InChI is InChI=1S/C12H16O5S/c1-9(13)10-4-6-11(7-5-10)18(14,15)8-12(16-2)17-3/h4-7,12H,8H2,1-3H3. The number of hydrogen-bond donors (Lipinski definition) is 0. The third kappa shape index (κ3) is 3.63. The van der Waals surface area contributed by atoms with Crippen molar-refractivity contribution in [2.75, 3.05) is 20.0 Å². The van der Waals surface area contributed by atoms with Gasteiger partial charge in [-0.25, -0.2) is 8.42 Å². The molecule has 0 bridgehead atoms. The Hall–Kier alpha value is -1.24. The van der Waals surface area contributed by atoms with E-state index in [2.05, 4.69) is 0 Å². The molecule has 0 saturated carbocycles. The molecule has 0 unspecified atom stereocenters. The fourth-order valence-corrected chi connectivity index (χ4v) is 2.78. The van der Waals surface area contributed by atoms with Gasteiger partial charge in [0.25, 0.3) is 0 Å². The monoisotopic (exact) mass is 272 g/mol. The molecule has 100 valence electrons. The quantitative estimate of drug-likeness (QED) is 0.576. The van der Waals surface area contributed by atoms with Gasteiger partial charge in [-0.2, -0.15) is 0 Å². The Morgan fingerprint density at radius 2 is 1.67 bits per heavy atom. The van der Waals surface area contributed by atoms with Gasteiger partial charge in [0.1, 0.15) is 5.75 Å². The van der Waals surface area contributed by atoms with E-state index >= 15 is 0 Å². The maximum Gasteiger partial charge on any atom is 0.183 e. The molecule has 0 spiro atoms. The molecule has 0 atom stereocenters. The van der Waals surface area contributed by atoms with Crippen molar-refractivity contribution < 1.29 is 22.7 Å². The first-order valence-corrected chi connectivity index (χ1v) is 6.95. The predicted molar refractivity (Wildman–Crippen MR) is 66.3 cm³/mol. The number of sulfone groups is 1. The van der Waals surface area contributed by atoms with Gasteiger partial charge in [0.05, 0.1) is 4.90 Å². The van der Waals surface area contributed by atoms with Crippen LogP contribution in [0.2, 0.25) is 0 Å². The van der Waals surface area contributed by atoms with Crippen LogP contribution < -0.4 is 0 Å². The van der Waals surface area contributed by atoms with E-state index in [-0.39, 0.29) is 16.4 Å². The molecule has 0 aliphatic rings. The lowest BCUT2D eigenvalue weighted by Crippen LogP contribution is -2.24. The van der Waals surface area contributed by atoms with E-state index in [0.29, 0.717) is 5.56 Å². The number of carbonyl (C=O) groups is 1. The average molecular weight is 272 g/mol. The summed E-state index contributed by atoms with van der Waals surface area (Å²) in [5, 5.41) is 0. The van der Waals surface area contributed by atoms with Crippen LogP contribution in [0.3, 0.4) is 0 Å². The van der Waals surface area contributed by atoms with E-state index < -0.39 is 16.1 Å². The summed E-state index contributed by atoms with van der Waals surface area (Å²) >= 11 is 0. The summed E-state index contributed by atoms with van der Waals surface area (Å²) in [4.78, 5) is 11.2. The molecule has 1 aromatic carbocycles. The maximum absolute atomic E-state index is 12.0. The summed E-state index contributed by atoms with van der Waals surface area (Å²) in [5.74, 6) is -0.370. The van der Waals surface area contributed by atoms with Crippen LogP contribution in [0.4, 0.5) is 0 Å². The highest BCUT2D eigenvalue weighted by Gasteiger charge is 2.21. The zero-order valence-corrected chi connectivity index (χ0v) is 11.4. The number of Topliss-reactive ketones (excluding diaryl/α,β-unsaturated/α-hetero) is 1. The second-order valence-electron chi connectivity index (χ2n) is 3.76. The Balaban J connectivity index is 2.95. The molecule has 0 aliphatic carbocycles. The smallest absolute Gasteiger partial charge is 0.183 e. The van der Waals surface area contributed by atoms with Crippen LogP contribution in [0.25, 0.3) is 0 Å². The lowest BCUT2D eigenvalue weighted by atomic mass is 10.2. The normalized spacial score (nSPS) is 11.8. The lowest BCUT2D eigenvalue weighted by Gasteiger charge is -2.13. The van der Waals surface area contributed by atoms with E-state index in [1.807, 2.05) is 0 Å². The van der Waals surface area contributed by atoms with Crippen molar-refractivity contribution in [1.29, 1.82) is 0 Å². The molecular weight excluding hydrogens is 256 g/mol. The van der Waals surface area contributed by atoms with Crippen LogP contribution in [0, 0.1) is 0 Å². The van der Waals surface area contributed by atoms with Crippen LogP contribution in [0.1, 0.15) is 17.3 Å². The molecule has 1 rings (SSSR count). The van der Waals surface area contributed by atoms with Crippen molar-refractivity contribution in [3.63, 3.8) is 0 Å². The van der Waals surface area contributed by atoms with Crippen molar-refractivity contribution in [1.82, 2.24) is 0 Å². The number of benzene rings is 1. The molecule has 1 aromatic rings. The number of carbonyl (C=O) groups excluding carboxylic acids is 1. The molecule has 0 aliphatic heterocycles. The molecule has 18 heavy (non-hydrogen) atoms. The average Bonchev–Trinajstić information content (AvgIpc) is 2.36. The largest absolute Gasteiger partial charge is 0.355 e. The van der Waals surface area contributed by atoms with Crippen molar-refractivity contribution >= 4 is 15.6 Å². The first-order chi connectivity index (χ1) is 8.40. The summed E-state index contributed by atoms with van der Waals surface area (Å²) in [6.45, 7) is 1.43. The molecule has 0 heterocycles. The third-order valence-electron chi connectivity index (χ3n) is 2.50. The number of hydrogen-bond acceptors (Lipinski definition) is 5. The third-order valence-corrected chi connectivity index (χ3v) is 4.20.